The molecule has 1 saturated heterocycles. The lowest BCUT2D eigenvalue weighted by Crippen LogP contribution is -2.38. The van der Waals surface area contributed by atoms with Gasteiger partial charge in [-0.25, -0.2) is 0 Å². The molecule has 0 bridgehead atoms. The van der Waals surface area contributed by atoms with Gasteiger partial charge in [0.05, 0.1) is 32.0 Å². The number of rotatable bonds is 4. The smallest absolute Gasteiger partial charge is 0.0824 e. The fourth-order valence-electron chi connectivity index (χ4n) is 1.48. The number of hydrogen-bond acceptors (Lipinski definition) is 4. The Morgan fingerprint density at radius 3 is 2.92 bits per heavy atom. The number of aliphatic hydroxyl groups is 2. The molecule has 0 aromatic heterocycles. The topological polar surface area (TPSA) is 58.9 Å². The molecule has 4 nitrogen and oxygen atoms in total. The molecule has 2 N–H and O–H groups in total. The van der Waals surface area contributed by atoms with Gasteiger partial charge in [0, 0.05) is 12.5 Å². The van der Waals surface area contributed by atoms with Gasteiger partial charge in [-0.15, -0.1) is 0 Å². The lowest BCUT2D eigenvalue weighted by Gasteiger charge is -2.29. The molecule has 1 heterocycles. The van der Waals surface area contributed by atoms with E-state index < -0.39 is 12.2 Å². The van der Waals surface area contributed by atoms with Crippen LogP contribution >= 0.6 is 0 Å². The highest BCUT2D eigenvalue weighted by Crippen LogP contribution is 2.18. The highest BCUT2D eigenvalue weighted by Gasteiger charge is 2.26. The Morgan fingerprint density at radius 1 is 1.54 bits per heavy atom. The van der Waals surface area contributed by atoms with E-state index in [1.54, 1.807) is 0 Å². The maximum absolute atomic E-state index is 9.61. The van der Waals surface area contributed by atoms with Crippen LogP contribution in [-0.4, -0.2) is 48.8 Å². The summed E-state index contributed by atoms with van der Waals surface area (Å²) >= 11 is 0. The average molecular weight is 190 g/mol. The predicted octanol–water partition coefficient (Wildman–Crippen LogP) is -0.219. The minimum atomic E-state index is -0.519. The zero-order valence-electron chi connectivity index (χ0n) is 7.98. The van der Waals surface area contributed by atoms with Gasteiger partial charge in [-0.1, -0.05) is 0 Å². The van der Waals surface area contributed by atoms with Gasteiger partial charge in [0.25, 0.3) is 0 Å². The van der Waals surface area contributed by atoms with Crippen LogP contribution < -0.4 is 0 Å². The van der Waals surface area contributed by atoms with Gasteiger partial charge in [0.1, 0.15) is 0 Å². The van der Waals surface area contributed by atoms with Crippen LogP contribution in [0.25, 0.3) is 0 Å². The molecule has 0 aromatic rings. The van der Waals surface area contributed by atoms with Gasteiger partial charge in [-0.3, -0.25) is 0 Å². The van der Waals surface area contributed by atoms with Crippen molar-refractivity contribution in [3.05, 3.63) is 0 Å². The van der Waals surface area contributed by atoms with Crippen molar-refractivity contribution >= 4 is 0 Å². The van der Waals surface area contributed by atoms with Crippen molar-refractivity contribution in [1.29, 1.82) is 0 Å². The first-order valence-electron chi connectivity index (χ1n) is 4.75. The lowest BCUT2D eigenvalue weighted by atomic mass is 9.95. The van der Waals surface area contributed by atoms with Crippen LogP contribution in [0.15, 0.2) is 0 Å². The second-order valence-electron chi connectivity index (χ2n) is 3.41. The first kappa shape index (κ1) is 10.9. The van der Waals surface area contributed by atoms with E-state index >= 15 is 0 Å². The average Bonchev–Trinajstić information content (AvgIpc) is 2.14. The van der Waals surface area contributed by atoms with Crippen LogP contribution in [-0.2, 0) is 9.47 Å². The van der Waals surface area contributed by atoms with Gasteiger partial charge in [-0.05, 0) is 13.3 Å². The van der Waals surface area contributed by atoms with Crippen LogP contribution in [0, 0.1) is 5.92 Å². The third kappa shape index (κ3) is 3.60. The predicted molar refractivity (Wildman–Crippen MR) is 47.4 cm³/mol. The zero-order chi connectivity index (χ0) is 9.68. The first-order valence-corrected chi connectivity index (χ1v) is 4.75. The first-order chi connectivity index (χ1) is 6.24. The van der Waals surface area contributed by atoms with E-state index in [9.17, 15) is 10.2 Å². The molecule has 78 valence electrons. The number of aliphatic hydroxyl groups excluding tert-OH is 2. The molecule has 13 heavy (non-hydrogen) atoms. The molecule has 0 aromatic carbocycles. The quantitative estimate of drug-likeness (QED) is 0.643. The molecular weight excluding hydrogens is 172 g/mol. The minimum absolute atomic E-state index is 0.00954. The summed E-state index contributed by atoms with van der Waals surface area (Å²) in [6.07, 6.45) is -0.348. The fraction of sp³-hybridized carbons (Fsp3) is 1.00. The molecule has 1 aliphatic heterocycles. The molecule has 3 unspecified atom stereocenters. The van der Waals surface area contributed by atoms with Crippen molar-refractivity contribution in [3.63, 3.8) is 0 Å². The molecule has 3 atom stereocenters. The SMILES string of the molecule is CCOCC(O)C1COCC(O)C1. The van der Waals surface area contributed by atoms with E-state index in [0.717, 1.165) is 0 Å². The number of ether oxygens (including phenoxy) is 2. The minimum Gasteiger partial charge on any atom is -0.391 e. The molecule has 0 radical (unpaired) electrons. The molecule has 1 rings (SSSR count). The summed E-state index contributed by atoms with van der Waals surface area (Å²) in [5.41, 5.74) is 0. The highest BCUT2D eigenvalue weighted by atomic mass is 16.5. The monoisotopic (exact) mass is 190 g/mol. The van der Waals surface area contributed by atoms with E-state index in [-0.39, 0.29) is 5.92 Å². The molecule has 0 amide bonds. The lowest BCUT2D eigenvalue weighted by molar-refractivity contribution is -0.0873. The molecule has 0 spiro atoms. The summed E-state index contributed by atoms with van der Waals surface area (Å²) in [7, 11) is 0. The van der Waals surface area contributed by atoms with Crippen LogP contribution in [0.4, 0.5) is 0 Å². The Hall–Kier alpha value is -0.160. The van der Waals surface area contributed by atoms with Crippen molar-refractivity contribution in [2.24, 2.45) is 5.92 Å². The van der Waals surface area contributed by atoms with Crippen molar-refractivity contribution in [3.8, 4) is 0 Å². The Labute approximate surface area is 78.5 Å². The normalized spacial score (nSPS) is 31.6. The third-order valence-electron chi connectivity index (χ3n) is 2.25. The second kappa shape index (κ2) is 5.54. The number of hydrogen-bond donors (Lipinski definition) is 2. The standard InChI is InChI=1S/C9H18O4/c1-2-12-6-9(11)7-3-8(10)5-13-4-7/h7-11H,2-6H2,1H3. The molecule has 0 saturated carbocycles. The van der Waals surface area contributed by atoms with E-state index in [0.29, 0.717) is 32.8 Å². The molecule has 0 aliphatic carbocycles. The molecule has 1 fully saturated rings. The zero-order valence-corrected chi connectivity index (χ0v) is 7.98. The third-order valence-corrected chi connectivity index (χ3v) is 2.25. The van der Waals surface area contributed by atoms with Gasteiger partial charge < -0.3 is 19.7 Å². The van der Waals surface area contributed by atoms with E-state index in [1.165, 1.54) is 0 Å². The largest absolute Gasteiger partial charge is 0.391 e. The Bertz CT molecular complexity index is 140. The molecular formula is C9H18O4. The summed E-state index contributed by atoms with van der Waals surface area (Å²) in [6, 6.07) is 0. The van der Waals surface area contributed by atoms with Gasteiger partial charge in [0.2, 0.25) is 0 Å². The summed E-state index contributed by atoms with van der Waals surface area (Å²) in [5, 5.41) is 18.9. The summed E-state index contributed by atoms with van der Waals surface area (Å²) in [6.45, 7) is 3.73. The Morgan fingerprint density at radius 2 is 2.31 bits per heavy atom. The maximum Gasteiger partial charge on any atom is 0.0824 e. The van der Waals surface area contributed by atoms with E-state index in [4.69, 9.17) is 9.47 Å². The van der Waals surface area contributed by atoms with Gasteiger partial charge in [-0.2, -0.15) is 0 Å². The van der Waals surface area contributed by atoms with Crippen LogP contribution in [0.3, 0.4) is 0 Å². The Balaban J connectivity index is 2.24. The van der Waals surface area contributed by atoms with Crippen molar-refractivity contribution in [1.82, 2.24) is 0 Å². The van der Waals surface area contributed by atoms with Crippen molar-refractivity contribution in [2.45, 2.75) is 25.6 Å². The van der Waals surface area contributed by atoms with Crippen molar-refractivity contribution in [2.75, 3.05) is 26.4 Å². The Kier molecular flexibility index (Phi) is 4.66. The van der Waals surface area contributed by atoms with E-state index in [2.05, 4.69) is 0 Å². The van der Waals surface area contributed by atoms with Crippen molar-refractivity contribution < 1.29 is 19.7 Å². The highest BCUT2D eigenvalue weighted by molar-refractivity contribution is 4.75. The van der Waals surface area contributed by atoms with Gasteiger partial charge in [0.15, 0.2) is 0 Å². The fourth-order valence-corrected chi connectivity index (χ4v) is 1.48. The summed E-state index contributed by atoms with van der Waals surface area (Å²) in [5.74, 6) is 0.00954. The summed E-state index contributed by atoms with van der Waals surface area (Å²) < 4.78 is 10.2. The maximum atomic E-state index is 9.61. The van der Waals surface area contributed by atoms with Crippen LogP contribution in [0.2, 0.25) is 0 Å². The second-order valence-corrected chi connectivity index (χ2v) is 3.41. The van der Waals surface area contributed by atoms with Crippen LogP contribution in [0.5, 0.6) is 0 Å². The van der Waals surface area contributed by atoms with E-state index in [1.807, 2.05) is 6.92 Å². The summed E-state index contributed by atoms with van der Waals surface area (Å²) in [4.78, 5) is 0. The molecule has 4 heteroatoms. The molecule has 1 aliphatic rings. The van der Waals surface area contributed by atoms with Crippen LogP contribution in [0.1, 0.15) is 13.3 Å². The van der Waals surface area contributed by atoms with Gasteiger partial charge >= 0.3 is 0 Å².